The van der Waals surface area contributed by atoms with E-state index < -0.39 is 0 Å². The summed E-state index contributed by atoms with van der Waals surface area (Å²) in [6.45, 7) is 1.44. The highest BCUT2D eigenvalue weighted by atomic mass is 16.2. The summed E-state index contributed by atoms with van der Waals surface area (Å²) < 4.78 is 0. The van der Waals surface area contributed by atoms with Crippen molar-refractivity contribution in [3.63, 3.8) is 0 Å². The summed E-state index contributed by atoms with van der Waals surface area (Å²) in [4.78, 5) is 30.0. The SMILES string of the molecule is O=C(c1cc(=O)[nH]c2ccccc12)N1CCCCC(c2ccccc2)C1. The molecule has 2 heterocycles. The van der Waals surface area contributed by atoms with E-state index in [1.54, 1.807) is 0 Å². The number of hydrogen-bond acceptors (Lipinski definition) is 2. The Morgan fingerprint density at radius 3 is 2.62 bits per heavy atom. The van der Waals surface area contributed by atoms with Gasteiger partial charge in [-0.1, -0.05) is 55.0 Å². The van der Waals surface area contributed by atoms with E-state index in [4.69, 9.17) is 0 Å². The van der Waals surface area contributed by atoms with Gasteiger partial charge in [-0.3, -0.25) is 9.59 Å². The number of fused-ring (bicyclic) bond motifs is 1. The molecule has 0 radical (unpaired) electrons. The van der Waals surface area contributed by atoms with Crippen molar-refractivity contribution in [1.29, 1.82) is 0 Å². The van der Waals surface area contributed by atoms with Crippen molar-refractivity contribution in [3.05, 3.63) is 82.1 Å². The third-order valence-corrected chi connectivity index (χ3v) is 5.21. The van der Waals surface area contributed by atoms with Gasteiger partial charge in [0.25, 0.3) is 5.91 Å². The second-order valence-corrected chi connectivity index (χ2v) is 6.95. The van der Waals surface area contributed by atoms with Crippen LogP contribution in [0.15, 0.2) is 65.5 Å². The molecule has 1 aromatic heterocycles. The number of nitrogens with zero attached hydrogens (tertiary/aromatic N) is 1. The van der Waals surface area contributed by atoms with Gasteiger partial charge in [-0.05, 0) is 24.5 Å². The zero-order valence-electron chi connectivity index (χ0n) is 14.7. The predicted octanol–water partition coefficient (Wildman–Crippen LogP) is 3.94. The molecule has 2 aromatic carbocycles. The molecule has 0 saturated carbocycles. The monoisotopic (exact) mass is 346 g/mol. The van der Waals surface area contributed by atoms with Gasteiger partial charge in [0.1, 0.15) is 0 Å². The van der Waals surface area contributed by atoms with Crippen molar-refractivity contribution in [3.8, 4) is 0 Å². The van der Waals surface area contributed by atoms with Gasteiger partial charge in [-0.15, -0.1) is 0 Å². The largest absolute Gasteiger partial charge is 0.338 e. The third-order valence-electron chi connectivity index (χ3n) is 5.21. The van der Waals surface area contributed by atoms with Gasteiger partial charge in [0, 0.05) is 36.0 Å². The minimum atomic E-state index is -0.235. The first-order valence-electron chi connectivity index (χ1n) is 9.18. The number of likely N-dealkylation sites (tertiary alicyclic amines) is 1. The predicted molar refractivity (Wildman–Crippen MR) is 104 cm³/mol. The Bertz CT molecular complexity index is 978. The Morgan fingerprint density at radius 1 is 1.00 bits per heavy atom. The number of rotatable bonds is 2. The first kappa shape index (κ1) is 16.6. The number of aromatic amines is 1. The molecule has 1 aliphatic rings. The Balaban J connectivity index is 1.68. The van der Waals surface area contributed by atoms with Crippen LogP contribution in [0.2, 0.25) is 0 Å². The molecule has 0 bridgehead atoms. The lowest BCUT2D eigenvalue weighted by Crippen LogP contribution is -2.34. The minimum Gasteiger partial charge on any atom is -0.338 e. The van der Waals surface area contributed by atoms with Crippen LogP contribution in [0.25, 0.3) is 10.9 Å². The molecule has 1 saturated heterocycles. The van der Waals surface area contributed by atoms with Crippen LogP contribution < -0.4 is 5.56 Å². The molecule has 4 rings (SSSR count). The summed E-state index contributed by atoms with van der Waals surface area (Å²) in [5.41, 5.74) is 2.25. The maximum atomic E-state index is 13.3. The van der Waals surface area contributed by atoms with Gasteiger partial charge in [0.2, 0.25) is 5.56 Å². The van der Waals surface area contributed by atoms with Crippen LogP contribution in [-0.2, 0) is 0 Å². The van der Waals surface area contributed by atoms with Crippen molar-refractivity contribution in [2.75, 3.05) is 13.1 Å². The fraction of sp³-hybridized carbons (Fsp3) is 0.273. The van der Waals surface area contributed by atoms with Gasteiger partial charge in [-0.2, -0.15) is 0 Å². The van der Waals surface area contributed by atoms with Crippen LogP contribution in [0, 0.1) is 0 Å². The van der Waals surface area contributed by atoms with E-state index in [0.29, 0.717) is 23.5 Å². The average Bonchev–Trinajstić information content (AvgIpc) is 2.94. The molecular weight excluding hydrogens is 324 g/mol. The van der Waals surface area contributed by atoms with Crippen molar-refractivity contribution in [2.45, 2.75) is 25.2 Å². The second kappa shape index (κ2) is 7.16. The highest BCUT2D eigenvalue weighted by Gasteiger charge is 2.25. The number of carbonyl (C=O) groups is 1. The molecule has 0 spiro atoms. The number of para-hydroxylation sites is 1. The molecule has 1 amide bonds. The zero-order chi connectivity index (χ0) is 17.9. The topological polar surface area (TPSA) is 53.2 Å². The lowest BCUT2D eigenvalue weighted by Gasteiger charge is -2.25. The Morgan fingerprint density at radius 2 is 1.77 bits per heavy atom. The maximum Gasteiger partial charge on any atom is 0.254 e. The number of carbonyl (C=O) groups excluding carboxylic acids is 1. The van der Waals surface area contributed by atoms with Crippen LogP contribution in [0.1, 0.15) is 41.1 Å². The first-order chi connectivity index (χ1) is 12.7. The van der Waals surface area contributed by atoms with E-state index in [-0.39, 0.29) is 11.5 Å². The molecule has 3 aromatic rings. The Kier molecular flexibility index (Phi) is 4.57. The van der Waals surface area contributed by atoms with E-state index in [1.807, 2.05) is 35.2 Å². The maximum absolute atomic E-state index is 13.3. The molecule has 0 aliphatic carbocycles. The second-order valence-electron chi connectivity index (χ2n) is 6.95. The van der Waals surface area contributed by atoms with Crippen LogP contribution in [-0.4, -0.2) is 28.9 Å². The number of benzene rings is 2. The summed E-state index contributed by atoms with van der Waals surface area (Å²) in [6, 6.07) is 19.3. The molecular formula is C22H22N2O2. The smallest absolute Gasteiger partial charge is 0.254 e. The molecule has 132 valence electrons. The normalized spacial score (nSPS) is 17.8. The highest BCUT2D eigenvalue weighted by Crippen LogP contribution is 2.28. The highest BCUT2D eigenvalue weighted by molar-refractivity contribution is 6.05. The van der Waals surface area contributed by atoms with E-state index >= 15 is 0 Å². The van der Waals surface area contributed by atoms with Crippen molar-refractivity contribution >= 4 is 16.8 Å². The van der Waals surface area contributed by atoms with E-state index in [0.717, 1.165) is 31.2 Å². The fourth-order valence-electron chi connectivity index (χ4n) is 3.88. The summed E-state index contributed by atoms with van der Waals surface area (Å²) in [6.07, 6.45) is 3.19. The van der Waals surface area contributed by atoms with Crippen molar-refractivity contribution in [2.24, 2.45) is 0 Å². The van der Waals surface area contributed by atoms with E-state index in [9.17, 15) is 9.59 Å². The van der Waals surface area contributed by atoms with Gasteiger partial charge in [0.15, 0.2) is 0 Å². The first-order valence-corrected chi connectivity index (χ1v) is 9.18. The van der Waals surface area contributed by atoms with Crippen LogP contribution >= 0.6 is 0 Å². The Labute approximate surface area is 152 Å². The number of amides is 1. The van der Waals surface area contributed by atoms with Gasteiger partial charge in [0.05, 0.1) is 5.56 Å². The lowest BCUT2D eigenvalue weighted by atomic mass is 9.94. The van der Waals surface area contributed by atoms with Crippen molar-refractivity contribution < 1.29 is 4.79 Å². The molecule has 1 unspecified atom stereocenters. The van der Waals surface area contributed by atoms with Gasteiger partial charge >= 0.3 is 0 Å². The summed E-state index contributed by atoms with van der Waals surface area (Å²) in [5, 5.41) is 0.803. The number of hydrogen-bond donors (Lipinski definition) is 1. The number of aromatic nitrogens is 1. The summed E-state index contributed by atoms with van der Waals surface area (Å²) in [5.74, 6) is 0.297. The summed E-state index contributed by atoms with van der Waals surface area (Å²) >= 11 is 0. The number of H-pyrrole nitrogens is 1. The standard InChI is InChI=1S/C22H22N2O2/c25-21-14-19(18-11-4-5-12-20(18)23-21)22(26)24-13-7-6-10-17(15-24)16-8-2-1-3-9-16/h1-5,8-9,11-12,14,17H,6-7,10,13,15H2,(H,23,25). The van der Waals surface area contributed by atoms with Crippen LogP contribution in [0.3, 0.4) is 0 Å². The van der Waals surface area contributed by atoms with E-state index in [1.165, 1.54) is 11.6 Å². The molecule has 1 aliphatic heterocycles. The van der Waals surface area contributed by atoms with Crippen LogP contribution in [0.4, 0.5) is 0 Å². The third kappa shape index (κ3) is 3.27. The quantitative estimate of drug-likeness (QED) is 0.764. The molecule has 4 nitrogen and oxygen atoms in total. The van der Waals surface area contributed by atoms with Gasteiger partial charge < -0.3 is 9.88 Å². The number of nitrogens with one attached hydrogen (secondary N) is 1. The Hall–Kier alpha value is -2.88. The molecule has 1 N–H and O–H groups in total. The summed E-state index contributed by atoms with van der Waals surface area (Å²) in [7, 11) is 0. The molecule has 26 heavy (non-hydrogen) atoms. The fourth-order valence-corrected chi connectivity index (χ4v) is 3.88. The van der Waals surface area contributed by atoms with Gasteiger partial charge in [-0.25, -0.2) is 0 Å². The lowest BCUT2D eigenvalue weighted by molar-refractivity contribution is 0.0756. The van der Waals surface area contributed by atoms with Crippen LogP contribution in [0.5, 0.6) is 0 Å². The number of pyridine rings is 1. The zero-order valence-corrected chi connectivity index (χ0v) is 14.7. The molecule has 1 atom stereocenters. The minimum absolute atomic E-state index is 0.0462. The van der Waals surface area contributed by atoms with E-state index in [2.05, 4.69) is 29.2 Å². The molecule has 4 heteroatoms. The van der Waals surface area contributed by atoms with Crippen molar-refractivity contribution in [1.82, 2.24) is 9.88 Å². The molecule has 1 fully saturated rings. The average molecular weight is 346 g/mol.